The van der Waals surface area contributed by atoms with Gasteiger partial charge in [-0.25, -0.2) is 4.98 Å². The summed E-state index contributed by atoms with van der Waals surface area (Å²) in [6.07, 6.45) is 1.96. The minimum absolute atomic E-state index is 0.700. The van der Waals surface area contributed by atoms with Crippen LogP contribution < -0.4 is 0 Å². The maximum absolute atomic E-state index is 5.66. The molecule has 0 amide bonds. The van der Waals surface area contributed by atoms with Crippen LogP contribution in [0.2, 0.25) is 0 Å². The van der Waals surface area contributed by atoms with Crippen LogP contribution in [0.25, 0.3) is 10.6 Å². The summed E-state index contributed by atoms with van der Waals surface area (Å²) in [4.78, 5) is 4.59. The molecule has 1 nitrogen and oxygen atoms in total. The third-order valence-corrected chi connectivity index (χ3v) is 3.95. The Bertz CT molecular complexity index is 452. The molecule has 0 aliphatic carbocycles. The van der Waals surface area contributed by atoms with Gasteiger partial charge in [-0.2, -0.15) is 0 Å². The predicted molar refractivity (Wildman–Crippen MR) is 74.3 cm³/mol. The first kappa shape index (κ1) is 12.1. The van der Waals surface area contributed by atoms with Crippen LogP contribution in [0.3, 0.4) is 0 Å². The van der Waals surface area contributed by atoms with Crippen LogP contribution in [-0.2, 0) is 6.42 Å². The Morgan fingerprint density at radius 1 is 1.25 bits per heavy atom. The molecule has 0 spiro atoms. The fourth-order valence-corrected chi connectivity index (χ4v) is 2.65. The third-order valence-electron chi connectivity index (χ3n) is 2.21. The molecule has 0 fully saturated rings. The second-order valence-electron chi connectivity index (χ2n) is 3.44. The van der Waals surface area contributed by atoms with E-state index < -0.39 is 0 Å². The lowest BCUT2D eigenvalue weighted by molar-refractivity contribution is 0.900. The molecule has 4 heteroatoms. The van der Waals surface area contributed by atoms with Gasteiger partial charge in [-0.05, 0) is 25.0 Å². The Hall–Kier alpha value is -0.380. The molecule has 1 aromatic heterocycles. The summed E-state index contributed by atoms with van der Waals surface area (Å²) in [5, 5.41) is 3.20. The van der Waals surface area contributed by atoms with Gasteiger partial charge in [-0.15, -0.1) is 22.9 Å². The second kappa shape index (κ2) is 5.80. The molecule has 16 heavy (non-hydrogen) atoms. The van der Waals surface area contributed by atoms with Crippen LogP contribution in [0, 0.1) is 0 Å². The molecule has 0 atom stereocenters. The normalized spacial score (nSPS) is 10.6. The van der Waals surface area contributed by atoms with Crippen molar-refractivity contribution < 1.29 is 0 Å². The van der Waals surface area contributed by atoms with Gasteiger partial charge >= 0.3 is 0 Å². The number of nitrogens with zero attached hydrogens (tertiary/aromatic N) is 1. The highest BCUT2D eigenvalue weighted by molar-refractivity contribution is 9.10. The van der Waals surface area contributed by atoms with Crippen LogP contribution in [0.15, 0.2) is 34.1 Å². The summed E-state index contributed by atoms with van der Waals surface area (Å²) in [6.45, 7) is 0. The van der Waals surface area contributed by atoms with Crippen molar-refractivity contribution in [1.82, 2.24) is 4.98 Å². The first-order valence-corrected chi connectivity index (χ1v) is 7.26. The lowest BCUT2D eigenvalue weighted by atomic mass is 10.2. The van der Waals surface area contributed by atoms with Gasteiger partial charge in [-0.1, -0.05) is 28.1 Å². The Morgan fingerprint density at radius 3 is 2.69 bits per heavy atom. The summed E-state index contributed by atoms with van der Waals surface area (Å²) >= 11 is 10.8. The molecule has 0 radical (unpaired) electrons. The number of rotatable bonds is 4. The van der Waals surface area contributed by atoms with Crippen molar-refractivity contribution in [3.05, 3.63) is 39.8 Å². The van der Waals surface area contributed by atoms with E-state index in [1.165, 1.54) is 5.56 Å². The van der Waals surface area contributed by atoms with Gasteiger partial charge in [0.05, 0.1) is 5.69 Å². The number of hydrogen-bond acceptors (Lipinski definition) is 2. The highest BCUT2D eigenvalue weighted by Crippen LogP contribution is 2.25. The zero-order valence-corrected chi connectivity index (χ0v) is 11.8. The van der Waals surface area contributed by atoms with Crippen molar-refractivity contribution in [3.8, 4) is 10.6 Å². The van der Waals surface area contributed by atoms with Crippen LogP contribution in [0.5, 0.6) is 0 Å². The van der Waals surface area contributed by atoms with E-state index in [0.29, 0.717) is 5.88 Å². The van der Waals surface area contributed by atoms with E-state index in [1.807, 2.05) is 12.1 Å². The SMILES string of the molecule is ClCCCc1csc(-c2ccc(Br)cc2)n1. The van der Waals surface area contributed by atoms with Crippen LogP contribution >= 0.6 is 38.9 Å². The van der Waals surface area contributed by atoms with Crippen molar-refractivity contribution in [2.45, 2.75) is 12.8 Å². The largest absolute Gasteiger partial charge is 0.241 e. The van der Waals surface area contributed by atoms with Gasteiger partial charge in [0.2, 0.25) is 0 Å². The molecule has 0 aliphatic rings. The first-order valence-electron chi connectivity index (χ1n) is 5.06. The third kappa shape index (κ3) is 3.06. The second-order valence-corrected chi connectivity index (χ2v) is 5.60. The average Bonchev–Trinajstić information content (AvgIpc) is 2.76. The molecular formula is C12H11BrClNS. The van der Waals surface area contributed by atoms with Gasteiger partial charge < -0.3 is 0 Å². The fourth-order valence-electron chi connectivity index (χ4n) is 1.39. The standard InChI is InChI=1S/C12H11BrClNS/c13-10-5-3-9(4-6-10)12-15-11(8-16-12)2-1-7-14/h3-6,8H,1-2,7H2. The minimum Gasteiger partial charge on any atom is -0.241 e. The molecule has 0 saturated carbocycles. The molecule has 0 bridgehead atoms. The lowest BCUT2D eigenvalue weighted by Gasteiger charge is -1.96. The highest BCUT2D eigenvalue weighted by atomic mass is 79.9. The van der Waals surface area contributed by atoms with Crippen molar-refractivity contribution in [2.75, 3.05) is 5.88 Å². The average molecular weight is 317 g/mol. The Balaban J connectivity index is 2.15. The van der Waals surface area contributed by atoms with E-state index in [0.717, 1.165) is 28.0 Å². The van der Waals surface area contributed by atoms with E-state index in [-0.39, 0.29) is 0 Å². The number of benzene rings is 1. The summed E-state index contributed by atoms with van der Waals surface area (Å²) in [5.41, 5.74) is 2.31. The molecule has 1 aromatic carbocycles. The molecule has 0 saturated heterocycles. The summed E-state index contributed by atoms with van der Waals surface area (Å²) < 4.78 is 1.09. The smallest absolute Gasteiger partial charge is 0.123 e. The molecule has 84 valence electrons. The molecule has 1 heterocycles. The Labute approximate surface area is 113 Å². The maximum Gasteiger partial charge on any atom is 0.123 e. The van der Waals surface area contributed by atoms with Crippen molar-refractivity contribution in [3.63, 3.8) is 0 Å². The van der Waals surface area contributed by atoms with Crippen molar-refractivity contribution in [2.24, 2.45) is 0 Å². The van der Waals surface area contributed by atoms with Crippen molar-refractivity contribution in [1.29, 1.82) is 0 Å². The molecular weight excluding hydrogens is 306 g/mol. The zero-order chi connectivity index (χ0) is 11.4. The molecule has 0 N–H and O–H groups in total. The minimum atomic E-state index is 0.700. The summed E-state index contributed by atoms with van der Waals surface area (Å²) in [5.74, 6) is 0.700. The molecule has 2 rings (SSSR count). The number of alkyl halides is 1. The predicted octanol–water partition coefficient (Wildman–Crippen LogP) is 4.74. The molecule has 0 aliphatic heterocycles. The first-order chi connectivity index (χ1) is 7.79. The van der Waals surface area contributed by atoms with Crippen molar-refractivity contribution >= 4 is 38.9 Å². The van der Waals surface area contributed by atoms with Crippen LogP contribution in [0.4, 0.5) is 0 Å². The lowest BCUT2D eigenvalue weighted by Crippen LogP contribution is -1.86. The van der Waals surface area contributed by atoms with E-state index in [2.05, 4.69) is 38.4 Å². The number of hydrogen-bond donors (Lipinski definition) is 0. The van der Waals surface area contributed by atoms with Gasteiger partial charge in [0.1, 0.15) is 5.01 Å². The number of aromatic nitrogens is 1. The maximum atomic E-state index is 5.66. The Kier molecular flexibility index (Phi) is 4.38. The zero-order valence-electron chi connectivity index (χ0n) is 8.62. The summed E-state index contributed by atoms with van der Waals surface area (Å²) in [7, 11) is 0. The van der Waals surface area contributed by atoms with Crippen LogP contribution in [0.1, 0.15) is 12.1 Å². The van der Waals surface area contributed by atoms with Gasteiger partial charge in [0.25, 0.3) is 0 Å². The van der Waals surface area contributed by atoms with Gasteiger partial charge in [0, 0.05) is 21.3 Å². The van der Waals surface area contributed by atoms with E-state index in [9.17, 15) is 0 Å². The monoisotopic (exact) mass is 315 g/mol. The van der Waals surface area contributed by atoms with Crippen LogP contribution in [-0.4, -0.2) is 10.9 Å². The quantitative estimate of drug-likeness (QED) is 0.742. The highest BCUT2D eigenvalue weighted by Gasteiger charge is 2.04. The molecule has 0 unspecified atom stereocenters. The number of thiazole rings is 1. The molecule has 2 aromatic rings. The van der Waals surface area contributed by atoms with E-state index >= 15 is 0 Å². The number of aryl methyl sites for hydroxylation is 1. The van der Waals surface area contributed by atoms with E-state index in [4.69, 9.17) is 11.6 Å². The fraction of sp³-hybridized carbons (Fsp3) is 0.250. The van der Waals surface area contributed by atoms with Gasteiger partial charge in [-0.3, -0.25) is 0 Å². The summed E-state index contributed by atoms with van der Waals surface area (Å²) in [6, 6.07) is 8.23. The number of halogens is 2. The topological polar surface area (TPSA) is 12.9 Å². The van der Waals surface area contributed by atoms with Gasteiger partial charge in [0.15, 0.2) is 0 Å². The van der Waals surface area contributed by atoms with E-state index in [1.54, 1.807) is 11.3 Å². The Morgan fingerprint density at radius 2 is 2.00 bits per heavy atom.